The highest BCUT2D eigenvalue weighted by Crippen LogP contribution is 2.31. The fourth-order valence-corrected chi connectivity index (χ4v) is 3.19. The van der Waals surface area contributed by atoms with Crippen LogP contribution in [0.3, 0.4) is 0 Å². The fourth-order valence-electron chi connectivity index (χ4n) is 2.01. The number of hydrogen-bond acceptors (Lipinski definition) is 3. The van der Waals surface area contributed by atoms with Crippen molar-refractivity contribution in [3.05, 3.63) is 63.7 Å². The van der Waals surface area contributed by atoms with Crippen molar-refractivity contribution in [2.45, 2.75) is 6.54 Å². The Labute approximate surface area is 134 Å². The lowest BCUT2D eigenvalue weighted by Gasteiger charge is -2.01. The van der Waals surface area contributed by atoms with Crippen LogP contribution >= 0.6 is 27.3 Å². The fraction of sp³-hybridized carbons (Fsp3) is 0.0625. The van der Waals surface area contributed by atoms with Gasteiger partial charge in [-0.05, 0) is 23.8 Å². The van der Waals surface area contributed by atoms with Gasteiger partial charge in [0.15, 0.2) is 0 Å². The maximum atomic E-state index is 13.9. The highest BCUT2D eigenvalue weighted by atomic mass is 79.9. The molecule has 0 saturated carbocycles. The Morgan fingerprint density at radius 2 is 1.90 bits per heavy atom. The topological polar surface area (TPSA) is 38.9 Å². The minimum atomic E-state index is -0.270. The summed E-state index contributed by atoms with van der Waals surface area (Å²) >= 11 is 4.86. The zero-order valence-corrected chi connectivity index (χ0v) is 13.4. The molecule has 0 aliphatic heterocycles. The lowest BCUT2D eigenvalue weighted by atomic mass is 10.1. The maximum Gasteiger partial charge on any atom is 0.132 e. The zero-order valence-electron chi connectivity index (χ0n) is 11.0. The van der Waals surface area contributed by atoms with Crippen molar-refractivity contribution in [3.63, 3.8) is 0 Å². The lowest BCUT2D eigenvalue weighted by Crippen LogP contribution is -1.95. The van der Waals surface area contributed by atoms with Gasteiger partial charge in [-0.2, -0.15) is 0 Å². The molecule has 2 aromatic carbocycles. The van der Waals surface area contributed by atoms with E-state index in [9.17, 15) is 4.39 Å². The predicted molar refractivity (Wildman–Crippen MR) is 88.5 cm³/mol. The van der Waals surface area contributed by atoms with E-state index in [0.29, 0.717) is 17.8 Å². The number of nitrogens with zero attached hydrogens (tertiary/aromatic N) is 1. The number of halogens is 2. The van der Waals surface area contributed by atoms with Gasteiger partial charge in [-0.1, -0.05) is 40.2 Å². The van der Waals surface area contributed by atoms with E-state index >= 15 is 0 Å². The third kappa shape index (κ3) is 3.05. The predicted octanol–water partition coefficient (Wildman–Crippen LogP) is 4.84. The summed E-state index contributed by atoms with van der Waals surface area (Å²) in [6.07, 6.45) is 0. The largest absolute Gasteiger partial charge is 0.326 e. The van der Waals surface area contributed by atoms with Gasteiger partial charge in [0.1, 0.15) is 10.8 Å². The molecule has 5 heteroatoms. The maximum absolute atomic E-state index is 13.9. The van der Waals surface area contributed by atoms with Crippen LogP contribution in [-0.4, -0.2) is 4.98 Å². The zero-order chi connectivity index (χ0) is 14.8. The summed E-state index contributed by atoms with van der Waals surface area (Å²) in [5.41, 5.74) is 8.84. The van der Waals surface area contributed by atoms with Gasteiger partial charge in [-0.15, -0.1) is 11.3 Å². The van der Waals surface area contributed by atoms with Crippen LogP contribution in [0.25, 0.3) is 21.8 Å². The van der Waals surface area contributed by atoms with Gasteiger partial charge in [0, 0.05) is 27.5 Å². The first kappa shape index (κ1) is 14.4. The SMILES string of the molecule is NCc1ccc(-c2nc(-c3cc(Br)ccc3F)cs2)cc1. The number of aromatic nitrogens is 1. The van der Waals surface area contributed by atoms with E-state index in [1.54, 1.807) is 12.1 Å². The van der Waals surface area contributed by atoms with Crippen LogP contribution in [0.15, 0.2) is 52.3 Å². The van der Waals surface area contributed by atoms with Crippen molar-refractivity contribution < 1.29 is 4.39 Å². The summed E-state index contributed by atoms with van der Waals surface area (Å²) in [5, 5.41) is 2.74. The minimum absolute atomic E-state index is 0.270. The third-order valence-corrected chi connectivity index (χ3v) is 4.53. The van der Waals surface area contributed by atoms with Gasteiger partial charge < -0.3 is 5.73 Å². The number of nitrogens with two attached hydrogens (primary N) is 1. The second-order valence-corrected chi connectivity index (χ2v) is 6.34. The van der Waals surface area contributed by atoms with Gasteiger partial charge >= 0.3 is 0 Å². The molecule has 0 fully saturated rings. The highest BCUT2D eigenvalue weighted by molar-refractivity contribution is 9.10. The standard InChI is InChI=1S/C16H12BrFN2S/c17-12-5-6-14(18)13(7-12)15-9-21-16(20-15)11-3-1-10(8-19)2-4-11/h1-7,9H,8,19H2. The molecule has 0 aliphatic rings. The molecular weight excluding hydrogens is 351 g/mol. The summed E-state index contributed by atoms with van der Waals surface area (Å²) in [6, 6.07) is 12.8. The third-order valence-electron chi connectivity index (χ3n) is 3.15. The van der Waals surface area contributed by atoms with E-state index < -0.39 is 0 Å². The van der Waals surface area contributed by atoms with Gasteiger partial charge in [-0.3, -0.25) is 0 Å². The summed E-state index contributed by atoms with van der Waals surface area (Å²) < 4.78 is 14.7. The van der Waals surface area contributed by atoms with Crippen LogP contribution in [0.5, 0.6) is 0 Å². The van der Waals surface area contributed by atoms with Crippen LogP contribution in [0.1, 0.15) is 5.56 Å². The Bertz CT molecular complexity index is 768. The number of hydrogen-bond donors (Lipinski definition) is 1. The Morgan fingerprint density at radius 3 is 2.62 bits per heavy atom. The van der Waals surface area contributed by atoms with Crippen molar-refractivity contribution in [2.75, 3.05) is 0 Å². The smallest absolute Gasteiger partial charge is 0.132 e. The highest BCUT2D eigenvalue weighted by Gasteiger charge is 2.11. The van der Waals surface area contributed by atoms with Crippen LogP contribution in [0.2, 0.25) is 0 Å². The molecule has 0 unspecified atom stereocenters. The molecule has 0 radical (unpaired) electrons. The molecule has 3 rings (SSSR count). The molecule has 0 saturated heterocycles. The molecule has 3 aromatic rings. The van der Waals surface area contributed by atoms with Crippen molar-refractivity contribution >= 4 is 27.3 Å². The molecular formula is C16H12BrFN2S. The Morgan fingerprint density at radius 1 is 1.14 bits per heavy atom. The van der Waals surface area contributed by atoms with Gasteiger partial charge in [-0.25, -0.2) is 9.37 Å². The second kappa shape index (κ2) is 6.05. The van der Waals surface area contributed by atoms with Crippen LogP contribution in [0.4, 0.5) is 4.39 Å². The molecule has 2 N–H and O–H groups in total. The molecule has 0 amide bonds. The van der Waals surface area contributed by atoms with Crippen molar-refractivity contribution in [1.82, 2.24) is 4.98 Å². The first-order valence-corrected chi connectivity index (χ1v) is 8.05. The van der Waals surface area contributed by atoms with E-state index in [0.717, 1.165) is 20.6 Å². The molecule has 0 atom stereocenters. The summed E-state index contributed by atoms with van der Waals surface area (Å²) in [6.45, 7) is 0.520. The average Bonchev–Trinajstić information content (AvgIpc) is 2.99. The molecule has 0 aliphatic carbocycles. The second-order valence-electron chi connectivity index (χ2n) is 4.56. The molecule has 1 heterocycles. The Balaban J connectivity index is 1.97. The normalized spacial score (nSPS) is 10.8. The molecule has 2 nitrogen and oxygen atoms in total. The molecule has 1 aromatic heterocycles. The summed E-state index contributed by atoms with van der Waals surface area (Å²) in [4.78, 5) is 4.53. The lowest BCUT2D eigenvalue weighted by molar-refractivity contribution is 0.630. The van der Waals surface area contributed by atoms with Gasteiger partial charge in [0.05, 0.1) is 5.69 Å². The number of benzene rings is 2. The number of rotatable bonds is 3. The minimum Gasteiger partial charge on any atom is -0.326 e. The quantitative estimate of drug-likeness (QED) is 0.723. The summed E-state index contributed by atoms with van der Waals surface area (Å²) in [5.74, 6) is -0.270. The van der Waals surface area contributed by atoms with E-state index in [1.807, 2.05) is 29.6 Å². The van der Waals surface area contributed by atoms with Crippen molar-refractivity contribution in [2.24, 2.45) is 5.73 Å². The van der Waals surface area contributed by atoms with Gasteiger partial charge in [0.25, 0.3) is 0 Å². The number of thiazole rings is 1. The molecule has 0 spiro atoms. The first-order chi connectivity index (χ1) is 10.2. The summed E-state index contributed by atoms with van der Waals surface area (Å²) in [7, 11) is 0. The Kier molecular flexibility index (Phi) is 4.14. The molecule has 0 bridgehead atoms. The van der Waals surface area contributed by atoms with Crippen molar-refractivity contribution in [1.29, 1.82) is 0 Å². The van der Waals surface area contributed by atoms with E-state index in [4.69, 9.17) is 5.73 Å². The van der Waals surface area contributed by atoms with Gasteiger partial charge in [0.2, 0.25) is 0 Å². The first-order valence-electron chi connectivity index (χ1n) is 6.37. The van der Waals surface area contributed by atoms with Crippen LogP contribution in [0, 0.1) is 5.82 Å². The van der Waals surface area contributed by atoms with Crippen molar-refractivity contribution in [3.8, 4) is 21.8 Å². The van der Waals surface area contributed by atoms with Crippen LogP contribution < -0.4 is 5.73 Å². The van der Waals surface area contributed by atoms with E-state index in [2.05, 4.69) is 20.9 Å². The average molecular weight is 363 g/mol. The molecule has 106 valence electrons. The van der Waals surface area contributed by atoms with E-state index in [-0.39, 0.29) is 5.82 Å². The Hall–Kier alpha value is -1.56. The van der Waals surface area contributed by atoms with E-state index in [1.165, 1.54) is 17.4 Å². The van der Waals surface area contributed by atoms with Crippen LogP contribution in [-0.2, 0) is 6.54 Å². The monoisotopic (exact) mass is 362 g/mol. The molecule has 21 heavy (non-hydrogen) atoms.